The summed E-state index contributed by atoms with van der Waals surface area (Å²) >= 11 is 2.72. The maximum atomic E-state index is 13.9. The van der Waals surface area contributed by atoms with Crippen molar-refractivity contribution in [2.45, 2.75) is 78.4 Å². The van der Waals surface area contributed by atoms with Crippen molar-refractivity contribution in [2.75, 3.05) is 56.2 Å². The van der Waals surface area contributed by atoms with Gasteiger partial charge < -0.3 is 30.2 Å². The van der Waals surface area contributed by atoms with Gasteiger partial charge in [0, 0.05) is 74.8 Å². The van der Waals surface area contributed by atoms with Gasteiger partial charge >= 0.3 is 0 Å². The summed E-state index contributed by atoms with van der Waals surface area (Å²) in [6.45, 7) is 14.2. The Bertz CT molecular complexity index is 2850. The monoisotopic (exact) mass is 937 g/mol. The summed E-state index contributed by atoms with van der Waals surface area (Å²) in [6.07, 6.45) is 7.41. The lowest BCUT2D eigenvalue weighted by Crippen LogP contribution is -2.48. The molecule has 6 N–H and O–H groups in total. The molecule has 19 nitrogen and oxygen atoms in total. The molecule has 6 aromatic rings. The van der Waals surface area contributed by atoms with Crippen molar-refractivity contribution in [1.29, 1.82) is 0 Å². The normalized spacial score (nSPS) is 13.3. The number of rotatable bonds is 19. The average molecular weight is 938 g/mol. The molecule has 0 aliphatic carbocycles. The molecule has 21 heteroatoms. The summed E-state index contributed by atoms with van der Waals surface area (Å²) in [4.78, 5) is 84.3. The Morgan fingerprint density at radius 3 is 2.05 bits per heavy atom. The van der Waals surface area contributed by atoms with Crippen LogP contribution in [-0.4, -0.2) is 119 Å². The van der Waals surface area contributed by atoms with E-state index in [1.165, 1.54) is 23.1 Å². The predicted molar refractivity (Wildman–Crippen MR) is 256 cm³/mol. The highest BCUT2D eigenvalue weighted by Crippen LogP contribution is 2.34. The molecule has 5 heterocycles. The summed E-state index contributed by atoms with van der Waals surface area (Å²) in [6, 6.07) is 8.18. The van der Waals surface area contributed by atoms with Crippen molar-refractivity contribution in [2.24, 2.45) is 11.5 Å². The Morgan fingerprint density at radius 2 is 1.44 bits per heavy atom. The summed E-state index contributed by atoms with van der Waals surface area (Å²) in [5.74, 6) is -1.06. The number of amides is 5. The number of carbonyl (C=O) groups excluding carboxylic acids is 5. The molecule has 348 valence electrons. The van der Waals surface area contributed by atoms with Gasteiger partial charge in [-0.1, -0.05) is 26.0 Å². The van der Waals surface area contributed by atoms with Crippen molar-refractivity contribution in [1.82, 2.24) is 43.7 Å². The van der Waals surface area contributed by atoms with E-state index in [2.05, 4.69) is 25.6 Å². The van der Waals surface area contributed by atoms with Gasteiger partial charge in [-0.3, -0.25) is 44.2 Å². The number of primary amides is 2. The van der Waals surface area contributed by atoms with E-state index in [9.17, 15) is 24.0 Å². The van der Waals surface area contributed by atoms with Gasteiger partial charge in [0.1, 0.15) is 21.8 Å². The highest BCUT2D eigenvalue weighted by atomic mass is 32.2. The summed E-state index contributed by atoms with van der Waals surface area (Å²) in [5.41, 5.74) is 15.8. The Hall–Kier alpha value is -6.58. The second kappa shape index (κ2) is 20.7. The molecule has 0 atom stereocenters. The number of thioether (sulfide) groups is 1. The number of anilines is 2. The lowest BCUT2D eigenvalue weighted by atomic mass is 10.1. The summed E-state index contributed by atoms with van der Waals surface area (Å²) < 4.78 is 11.7. The molecule has 0 unspecified atom stereocenters. The fourth-order valence-electron chi connectivity index (χ4n) is 8.01. The largest absolute Gasteiger partial charge is 0.491 e. The number of aromatic nitrogens is 7. The van der Waals surface area contributed by atoms with Crippen LogP contribution in [0.25, 0.3) is 22.1 Å². The van der Waals surface area contributed by atoms with Gasteiger partial charge in [-0.2, -0.15) is 5.10 Å². The maximum Gasteiger partial charge on any atom is 0.276 e. The van der Waals surface area contributed by atoms with E-state index in [-0.39, 0.29) is 47.9 Å². The number of hydrogen-bond acceptors (Lipinski definition) is 13. The number of fused-ring (bicyclic) bond motifs is 2. The first kappa shape index (κ1) is 47.4. The number of aryl methyl sites for hydroxylation is 4. The number of nitrogens with zero attached hydrogens (tertiary/aromatic N) is 9. The van der Waals surface area contributed by atoms with Gasteiger partial charge in [0.2, 0.25) is 29.6 Å². The van der Waals surface area contributed by atoms with Crippen LogP contribution in [0.5, 0.6) is 5.75 Å². The van der Waals surface area contributed by atoms with Crippen LogP contribution in [-0.2, 0) is 30.8 Å². The first-order chi connectivity index (χ1) is 31.7. The number of imidazole rings is 2. The van der Waals surface area contributed by atoms with Crippen LogP contribution in [0.4, 0.5) is 11.9 Å². The third-order valence-electron chi connectivity index (χ3n) is 11.3. The third kappa shape index (κ3) is 10.3. The molecule has 4 aromatic heterocycles. The number of nitrogens with one attached hydrogen (secondary N) is 2. The lowest BCUT2D eigenvalue weighted by Gasteiger charge is -2.34. The van der Waals surface area contributed by atoms with E-state index in [1.54, 1.807) is 39.6 Å². The Morgan fingerprint density at radius 1 is 0.818 bits per heavy atom. The molecule has 0 bridgehead atoms. The van der Waals surface area contributed by atoms with Crippen molar-refractivity contribution < 1.29 is 28.7 Å². The maximum absolute atomic E-state index is 13.9. The molecule has 1 fully saturated rings. The number of hydrogen-bond donors (Lipinski definition) is 4. The Balaban J connectivity index is 1.22. The lowest BCUT2D eigenvalue weighted by molar-refractivity contribution is -0.132. The zero-order valence-corrected chi connectivity index (χ0v) is 39.6. The molecule has 2 aromatic carbocycles. The average Bonchev–Trinajstić information content (AvgIpc) is 4.07. The van der Waals surface area contributed by atoms with E-state index >= 15 is 0 Å². The van der Waals surface area contributed by atoms with Crippen LogP contribution in [0.1, 0.15) is 90.9 Å². The molecule has 0 spiro atoms. The van der Waals surface area contributed by atoms with E-state index in [0.29, 0.717) is 95.3 Å². The van der Waals surface area contributed by atoms with Crippen LogP contribution in [0.3, 0.4) is 0 Å². The predicted octanol–water partition coefficient (Wildman–Crippen LogP) is 5.24. The van der Waals surface area contributed by atoms with Gasteiger partial charge in [-0.05, 0) is 70.2 Å². The fraction of sp³-hybridized carbons (Fsp3) is 0.400. The van der Waals surface area contributed by atoms with Gasteiger partial charge in [0.05, 0.1) is 39.6 Å². The van der Waals surface area contributed by atoms with Gasteiger partial charge in [0.15, 0.2) is 0 Å². The second-order valence-electron chi connectivity index (χ2n) is 15.7. The Kier molecular flexibility index (Phi) is 14.9. The highest BCUT2D eigenvalue weighted by molar-refractivity contribution is 7.98. The summed E-state index contributed by atoms with van der Waals surface area (Å²) in [5, 5.41) is 11.2. The van der Waals surface area contributed by atoms with Crippen molar-refractivity contribution in [3.05, 3.63) is 80.6 Å². The van der Waals surface area contributed by atoms with Crippen LogP contribution in [0.15, 0.2) is 47.4 Å². The van der Waals surface area contributed by atoms with Crippen molar-refractivity contribution >= 4 is 86.6 Å². The number of benzene rings is 2. The minimum absolute atomic E-state index is 0.158. The highest BCUT2D eigenvalue weighted by Gasteiger charge is 2.25. The molecule has 1 aliphatic rings. The molecular weight excluding hydrogens is 883 g/mol. The van der Waals surface area contributed by atoms with Crippen molar-refractivity contribution in [3.63, 3.8) is 0 Å². The standard InChI is InChI=1S/C45H55N13O6S2/c1-7-30-39(66-27(5)48-30)43(63)52-45-50-32-23-29(41(47)61)25-35(65-6)38(32)57(45)15-11-10-14-56-37-31(49-44(56)51-42(62)33-21-26(4)53-58(33)9-3)22-28(40(46)60)24-34(37)64-20-12-13-54-16-18-55(19-17-54)36(59)8-2/h10-11,21-25H,7-9,12-20H2,1-6H3,(H2,46,60)(H2,47,61)(H,49,51,62)(H,50,52,63)/b11-10+. The van der Waals surface area contributed by atoms with E-state index in [0.717, 1.165) is 29.5 Å². The molecule has 0 saturated carbocycles. The van der Waals surface area contributed by atoms with Crippen LogP contribution >= 0.6 is 23.1 Å². The SMILES string of the molecule is CCC(=O)N1CCN(CCCOc2cc(C(N)=O)cc3nc(NC(=O)c4cc(C)nn4CC)n(C/C=C/Cn4c(NC(=O)c5sc(C)nc5CC)nc5cc(C(N)=O)cc(SC)c54)c23)CC1. The van der Waals surface area contributed by atoms with Crippen LogP contribution in [0.2, 0.25) is 0 Å². The van der Waals surface area contributed by atoms with Crippen LogP contribution in [0, 0.1) is 13.8 Å². The molecule has 1 aliphatic heterocycles. The number of nitrogens with two attached hydrogens (primary N) is 2. The quantitative estimate of drug-likeness (QED) is 0.0463. The molecular formula is C45H55N13O6S2. The first-order valence-electron chi connectivity index (χ1n) is 21.9. The van der Waals surface area contributed by atoms with Crippen LogP contribution < -0.4 is 26.8 Å². The number of piperazine rings is 1. The molecule has 5 amide bonds. The van der Waals surface area contributed by atoms with Crippen molar-refractivity contribution in [3.8, 4) is 5.75 Å². The smallest absolute Gasteiger partial charge is 0.276 e. The molecule has 1 saturated heterocycles. The minimum atomic E-state index is -0.664. The van der Waals surface area contributed by atoms with Gasteiger partial charge in [-0.15, -0.1) is 23.1 Å². The number of ether oxygens (including phenoxy) is 1. The first-order valence-corrected chi connectivity index (χ1v) is 23.9. The molecule has 0 radical (unpaired) electrons. The van der Waals surface area contributed by atoms with E-state index in [1.807, 2.05) is 62.5 Å². The molecule has 66 heavy (non-hydrogen) atoms. The zero-order valence-electron chi connectivity index (χ0n) is 38.0. The van der Waals surface area contributed by atoms with E-state index in [4.69, 9.17) is 26.2 Å². The van der Waals surface area contributed by atoms with E-state index < -0.39 is 17.7 Å². The summed E-state index contributed by atoms with van der Waals surface area (Å²) in [7, 11) is 0. The number of allylic oxidation sites excluding steroid dienone is 2. The van der Waals surface area contributed by atoms with Gasteiger partial charge in [0.25, 0.3) is 11.8 Å². The minimum Gasteiger partial charge on any atom is -0.491 e. The molecule has 7 rings (SSSR count). The fourth-order valence-corrected chi connectivity index (χ4v) is 9.57. The Labute approximate surface area is 389 Å². The number of carbonyl (C=O) groups is 5. The zero-order chi connectivity index (χ0) is 47.2. The third-order valence-corrected chi connectivity index (χ3v) is 13.0. The second-order valence-corrected chi connectivity index (χ2v) is 17.8. The van der Waals surface area contributed by atoms with Gasteiger partial charge in [-0.25, -0.2) is 15.0 Å². The number of thiazole rings is 1. The topological polar surface area (TPSA) is 244 Å².